The van der Waals surface area contributed by atoms with Gasteiger partial charge in [0, 0.05) is 6.61 Å². The van der Waals surface area contributed by atoms with Crippen LogP contribution in [0.2, 0.25) is 0 Å². The lowest BCUT2D eigenvalue weighted by Crippen LogP contribution is -2.46. The normalized spacial score (nSPS) is 17.6. The molecule has 0 saturated carbocycles. The van der Waals surface area contributed by atoms with Gasteiger partial charge in [0.1, 0.15) is 6.61 Å². The second-order valence-electron chi connectivity index (χ2n) is 5.03. The Morgan fingerprint density at radius 1 is 1.20 bits per heavy atom. The fourth-order valence-corrected chi connectivity index (χ4v) is 2.70. The highest BCUT2D eigenvalue weighted by Gasteiger charge is 2.42. The number of ether oxygens (including phenoxy) is 2. The van der Waals surface area contributed by atoms with Gasteiger partial charge in [-0.1, -0.05) is 30.3 Å². The molecule has 1 heterocycles. The van der Waals surface area contributed by atoms with Gasteiger partial charge < -0.3 is 14.8 Å². The lowest BCUT2D eigenvalue weighted by Gasteiger charge is -2.35. The molecular formula is C16H23NO3. The maximum atomic E-state index is 12.6. The quantitative estimate of drug-likeness (QED) is 0.637. The number of piperidine rings is 1. The van der Waals surface area contributed by atoms with E-state index in [4.69, 9.17) is 9.47 Å². The van der Waals surface area contributed by atoms with E-state index in [1.54, 1.807) is 0 Å². The molecule has 0 radical (unpaired) electrons. The van der Waals surface area contributed by atoms with Crippen molar-refractivity contribution in [2.75, 3.05) is 32.9 Å². The van der Waals surface area contributed by atoms with Gasteiger partial charge in [0.2, 0.25) is 0 Å². The zero-order valence-corrected chi connectivity index (χ0v) is 12.1. The maximum Gasteiger partial charge on any atom is 0.316 e. The number of esters is 1. The predicted molar refractivity (Wildman–Crippen MR) is 77.7 cm³/mol. The van der Waals surface area contributed by atoms with Crippen LogP contribution in [-0.2, 0) is 19.7 Å². The molecule has 0 unspecified atom stereocenters. The number of hydrogen-bond donors (Lipinski definition) is 1. The Balaban J connectivity index is 2.09. The first-order chi connectivity index (χ1) is 9.79. The van der Waals surface area contributed by atoms with E-state index in [1.807, 2.05) is 37.3 Å². The summed E-state index contributed by atoms with van der Waals surface area (Å²) in [6, 6.07) is 9.97. The first-order valence-electron chi connectivity index (χ1n) is 7.31. The largest absolute Gasteiger partial charge is 0.463 e. The third kappa shape index (κ3) is 3.38. The molecule has 0 amide bonds. The van der Waals surface area contributed by atoms with Gasteiger partial charge in [-0.15, -0.1) is 0 Å². The van der Waals surface area contributed by atoms with E-state index in [2.05, 4.69) is 5.32 Å². The second-order valence-corrected chi connectivity index (χ2v) is 5.03. The van der Waals surface area contributed by atoms with Crippen molar-refractivity contribution < 1.29 is 14.3 Å². The van der Waals surface area contributed by atoms with Crippen LogP contribution in [-0.4, -0.2) is 38.9 Å². The van der Waals surface area contributed by atoms with Gasteiger partial charge in [0.25, 0.3) is 0 Å². The van der Waals surface area contributed by atoms with Crippen LogP contribution in [0.4, 0.5) is 0 Å². The first kappa shape index (κ1) is 15.0. The van der Waals surface area contributed by atoms with Crippen molar-refractivity contribution in [3.63, 3.8) is 0 Å². The van der Waals surface area contributed by atoms with Crippen molar-refractivity contribution in [3.8, 4) is 0 Å². The average molecular weight is 277 g/mol. The van der Waals surface area contributed by atoms with Crippen LogP contribution in [0, 0.1) is 0 Å². The molecular weight excluding hydrogens is 254 g/mol. The minimum Gasteiger partial charge on any atom is -0.463 e. The van der Waals surface area contributed by atoms with Gasteiger partial charge in [-0.2, -0.15) is 0 Å². The van der Waals surface area contributed by atoms with E-state index in [-0.39, 0.29) is 5.97 Å². The molecule has 0 bridgehead atoms. The van der Waals surface area contributed by atoms with Crippen LogP contribution >= 0.6 is 0 Å². The van der Waals surface area contributed by atoms with E-state index in [9.17, 15) is 4.79 Å². The zero-order chi connectivity index (χ0) is 14.3. The van der Waals surface area contributed by atoms with Gasteiger partial charge >= 0.3 is 5.97 Å². The molecule has 1 aromatic carbocycles. The molecule has 1 aliphatic rings. The van der Waals surface area contributed by atoms with Gasteiger partial charge in [-0.25, -0.2) is 0 Å². The lowest BCUT2D eigenvalue weighted by atomic mass is 9.73. The minimum atomic E-state index is -0.501. The average Bonchev–Trinajstić information content (AvgIpc) is 2.53. The maximum absolute atomic E-state index is 12.6. The Hall–Kier alpha value is -1.39. The molecule has 1 saturated heterocycles. The monoisotopic (exact) mass is 277 g/mol. The summed E-state index contributed by atoms with van der Waals surface area (Å²) in [6.07, 6.45) is 1.56. The highest BCUT2D eigenvalue weighted by atomic mass is 16.6. The number of carbonyl (C=O) groups is 1. The number of hydrogen-bond acceptors (Lipinski definition) is 4. The van der Waals surface area contributed by atoms with Crippen molar-refractivity contribution in [3.05, 3.63) is 35.9 Å². The molecule has 1 aliphatic heterocycles. The number of benzene rings is 1. The van der Waals surface area contributed by atoms with Crippen LogP contribution in [0.25, 0.3) is 0 Å². The predicted octanol–water partition coefficient (Wildman–Crippen LogP) is 1.89. The van der Waals surface area contributed by atoms with Crippen molar-refractivity contribution in [2.45, 2.75) is 25.2 Å². The van der Waals surface area contributed by atoms with Gasteiger partial charge in [0.05, 0.1) is 12.0 Å². The molecule has 2 rings (SSSR count). The van der Waals surface area contributed by atoms with E-state index in [1.165, 1.54) is 0 Å². The molecule has 1 aromatic rings. The Morgan fingerprint density at radius 3 is 2.55 bits per heavy atom. The van der Waals surface area contributed by atoms with E-state index in [0.29, 0.717) is 19.8 Å². The Morgan fingerprint density at radius 2 is 1.90 bits per heavy atom. The van der Waals surface area contributed by atoms with Crippen molar-refractivity contribution >= 4 is 5.97 Å². The van der Waals surface area contributed by atoms with Crippen molar-refractivity contribution in [2.24, 2.45) is 0 Å². The summed E-state index contributed by atoms with van der Waals surface area (Å²) in [5, 5.41) is 3.31. The summed E-state index contributed by atoms with van der Waals surface area (Å²) in [7, 11) is 0. The van der Waals surface area contributed by atoms with Crippen molar-refractivity contribution in [1.29, 1.82) is 0 Å². The molecule has 1 N–H and O–H groups in total. The molecule has 0 aliphatic carbocycles. The van der Waals surface area contributed by atoms with Crippen LogP contribution in [0.15, 0.2) is 30.3 Å². The van der Waals surface area contributed by atoms with Crippen LogP contribution in [0.1, 0.15) is 25.3 Å². The SMILES string of the molecule is CCOCCOC(=O)C1(c2ccccc2)CCNCC1. The fourth-order valence-electron chi connectivity index (χ4n) is 2.70. The van der Waals surface area contributed by atoms with Crippen LogP contribution < -0.4 is 5.32 Å². The molecule has 110 valence electrons. The van der Waals surface area contributed by atoms with Crippen LogP contribution in [0.3, 0.4) is 0 Å². The van der Waals surface area contributed by atoms with Crippen LogP contribution in [0.5, 0.6) is 0 Å². The summed E-state index contributed by atoms with van der Waals surface area (Å²) in [5.74, 6) is -0.120. The van der Waals surface area contributed by atoms with Gasteiger partial charge in [-0.05, 0) is 38.4 Å². The zero-order valence-electron chi connectivity index (χ0n) is 12.1. The first-order valence-corrected chi connectivity index (χ1v) is 7.31. The van der Waals surface area contributed by atoms with E-state index in [0.717, 1.165) is 31.5 Å². The lowest BCUT2D eigenvalue weighted by molar-refractivity contribution is -0.153. The van der Waals surface area contributed by atoms with E-state index >= 15 is 0 Å². The smallest absolute Gasteiger partial charge is 0.316 e. The topological polar surface area (TPSA) is 47.6 Å². The summed E-state index contributed by atoms with van der Waals surface area (Å²) in [6.45, 7) is 5.05. The third-order valence-corrected chi connectivity index (χ3v) is 3.84. The second kappa shape index (κ2) is 7.41. The highest BCUT2D eigenvalue weighted by Crippen LogP contribution is 2.34. The van der Waals surface area contributed by atoms with Gasteiger partial charge in [-0.3, -0.25) is 4.79 Å². The summed E-state index contributed by atoms with van der Waals surface area (Å²) in [4.78, 5) is 12.6. The summed E-state index contributed by atoms with van der Waals surface area (Å²) < 4.78 is 10.7. The fraction of sp³-hybridized carbons (Fsp3) is 0.562. The summed E-state index contributed by atoms with van der Waals surface area (Å²) >= 11 is 0. The van der Waals surface area contributed by atoms with Crippen molar-refractivity contribution in [1.82, 2.24) is 5.32 Å². The van der Waals surface area contributed by atoms with E-state index < -0.39 is 5.41 Å². The molecule has 0 spiro atoms. The number of carbonyl (C=O) groups excluding carboxylic acids is 1. The summed E-state index contributed by atoms with van der Waals surface area (Å²) in [5.41, 5.74) is 0.557. The Kier molecular flexibility index (Phi) is 5.56. The molecule has 20 heavy (non-hydrogen) atoms. The Bertz CT molecular complexity index is 413. The minimum absolute atomic E-state index is 0.120. The standard InChI is InChI=1S/C16H23NO3/c1-2-19-12-13-20-15(18)16(8-10-17-11-9-16)14-6-4-3-5-7-14/h3-7,17H,2,8-13H2,1H3. The third-order valence-electron chi connectivity index (χ3n) is 3.84. The highest BCUT2D eigenvalue weighted by molar-refractivity contribution is 5.83. The number of rotatable bonds is 6. The molecule has 4 heteroatoms. The Labute approximate surface area is 120 Å². The van der Waals surface area contributed by atoms with Gasteiger partial charge in [0.15, 0.2) is 0 Å². The molecule has 1 fully saturated rings. The molecule has 4 nitrogen and oxygen atoms in total. The molecule has 0 atom stereocenters. The number of nitrogens with one attached hydrogen (secondary N) is 1. The molecule has 0 aromatic heterocycles.